The van der Waals surface area contributed by atoms with Crippen LogP contribution >= 0.6 is 15.9 Å². The van der Waals surface area contributed by atoms with Crippen molar-refractivity contribution in [2.24, 2.45) is 0 Å². The zero-order valence-electron chi connectivity index (χ0n) is 10.4. The van der Waals surface area contributed by atoms with Gasteiger partial charge in [-0.05, 0) is 35.0 Å². The predicted molar refractivity (Wildman–Crippen MR) is 73.2 cm³/mol. The lowest BCUT2D eigenvalue weighted by Crippen LogP contribution is -2.35. The van der Waals surface area contributed by atoms with Gasteiger partial charge in [0.15, 0.2) is 5.82 Å². The van der Waals surface area contributed by atoms with Gasteiger partial charge in [0.1, 0.15) is 4.90 Å². The van der Waals surface area contributed by atoms with E-state index < -0.39 is 26.8 Å². The number of nitrogens with zero attached hydrogens (tertiary/aromatic N) is 2. The van der Waals surface area contributed by atoms with Crippen LogP contribution in [0.3, 0.4) is 0 Å². The van der Waals surface area contributed by atoms with Crippen molar-refractivity contribution in [3.05, 3.63) is 22.4 Å². The van der Waals surface area contributed by atoms with Crippen molar-refractivity contribution in [1.29, 1.82) is 5.26 Å². The number of sulfonamides is 1. The van der Waals surface area contributed by atoms with Crippen molar-refractivity contribution in [2.75, 3.05) is 12.8 Å². The highest BCUT2D eigenvalue weighted by molar-refractivity contribution is 9.10. The van der Waals surface area contributed by atoms with Crippen molar-refractivity contribution >= 4 is 31.6 Å². The van der Waals surface area contributed by atoms with Gasteiger partial charge in [-0.2, -0.15) is 9.57 Å². The lowest BCUT2D eigenvalue weighted by molar-refractivity contribution is 0.390. The summed E-state index contributed by atoms with van der Waals surface area (Å²) in [5, 5.41) is 8.59. The second-order valence-electron chi connectivity index (χ2n) is 4.05. The van der Waals surface area contributed by atoms with E-state index in [1.165, 1.54) is 13.1 Å². The van der Waals surface area contributed by atoms with Crippen molar-refractivity contribution in [3.63, 3.8) is 0 Å². The van der Waals surface area contributed by atoms with Crippen LogP contribution in [-0.4, -0.2) is 25.8 Å². The van der Waals surface area contributed by atoms with Gasteiger partial charge in [0, 0.05) is 18.8 Å². The number of rotatable bonds is 4. The monoisotopic (exact) mass is 349 g/mol. The van der Waals surface area contributed by atoms with Gasteiger partial charge in [-0.15, -0.1) is 0 Å². The Hall–Kier alpha value is -1.17. The van der Waals surface area contributed by atoms with Gasteiger partial charge in [-0.25, -0.2) is 12.8 Å². The largest absolute Gasteiger partial charge is 0.399 e. The van der Waals surface area contributed by atoms with Gasteiger partial charge in [0.25, 0.3) is 0 Å². The Morgan fingerprint density at radius 2 is 2.16 bits per heavy atom. The van der Waals surface area contributed by atoms with Crippen LogP contribution in [0, 0.1) is 17.1 Å². The molecule has 1 rings (SSSR count). The highest BCUT2D eigenvalue weighted by atomic mass is 79.9. The Bertz CT molecular complexity index is 628. The van der Waals surface area contributed by atoms with Gasteiger partial charge in [0.2, 0.25) is 10.0 Å². The smallest absolute Gasteiger partial charge is 0.246 e. The molecule has 104 valence electrons. The third-order valence-corrected chi connectivity index (χ3v) is 5.23. The number of nitriles is 1. The van der Waals surface area contributed by atoms with Crippen molar-refractivity contribution in [2.45, 2.75) is 24.3 Å². The molecule has 1 atom stereocenters. The minimum Gasteiger partial charge on any atom is -0.399 e. The normalized spacial score (nSPS) is 13.3. The SMILES string of the molecule is CC(CC#N)N(C)S(=O)(=O)c1cc(N)cc(Br)c1F. The van der Waals surface area contributed by atoms with Crippen LogP contribution in [0.25, 0.3) is 0 Å². The molecule has 0 spiro atoms. The zero-order chi connectivity index (χ0) is 14.8. The van der Waals surface area contributed by atoms with Crippen LogP contribution in [0.2, 0.25) is 0 Å². The van der Waals surface area contributed by atoms with E-state index in [1.54, 1.807) is 6.92 Å². The summed E-state index contributed by atoms with van der Waals surface area (Å²) in [6.07, 6.45) is 0.0147. The fraction of sp³-hybridized carbons (Fsp3) is 0.364. The molecular weight excluding hydrogens is 337 g/mol. The highest BCUT2D eigenvalue weighted by Gasteiger charge is 2.29. The molecule has 0 saturated carbocycles. The zero-order valence-corrected chi connectivity index (χ0v) is 12.8. The average Bonchev–Trinajstić information content (AvgIpc) is 2.32. The highest BCUT2D eigenvalue weighted by Crippen LogP contribution is 2.28. The summed E-state index contributed by atoms with van der Waals surface area (Å²) in [6, 6.07) is 3.66. The third kappa shape index (κ3) is 3.23. The molecule has 0 aliphatic carbocycles. The average molecular weight is 350 g/mol. The Morgan fingerprint density at radius 3 is 2.68 bits per heavy atom. The first-order valence-electron chi connectivity index (χ1n) is 5.31. The Balaban J connectivity index is 3.33. The number of benzene rings is 1. The molecule has 0 radical (unpaired) electrons. The molecule has 0 aliphatic heterocycles. The maximum Gasteiger partial charge on any atom is 0.246 e. The first-order valence-corrected chi connectivity index (χ1v) is 7.54. The Kier molecular flexibility index (Phi) is 4.90. The summed E-state index contributed by atoms with van der Waals surface area (Å²) in [5.74, 6) is -0.898. The minimum absolute atomic E-state index is 0.0147. The number of hydrogen-bond donors (Lipinski definition) is 1. The fourth-order valence-electron chi connectivity index (χ4n) is 1.42. The molecule has 0 aromatic heterocycles. The molecule has 1 aromatic rings. The summed E-state index contributed by atoms with van der Waals surface area (Å²) in [4.78, 5) is -0.508. The molecular formula is C11H13BrFN3O2S. The summed E-state index contributed by atoms with van der Waals surface area (Å²) in [6.45, 7) is 1.57. The van der Waals surface area contributed by atoms with Crippen molar-refractivity contribution in [3.8, 4) is 6.07 Å². The lowest BCUT2D eigenvalue weighted by Gasteiger charge is -2.23. The molecule has 8 heteroatoms. The molecule has 1 unspecified atom stereocenters. The van der Waals surface area contributed by atoms with E-state index in [4.69, 9.17) is 11.0 Å². The molecule has 0 amide bonds. The Morgan fingerprint density at radius 1 is 1.58 bits per heavy atom. The van der Waals surface area contributed by atoms with Crippen molar-refractivity contribution < 1.29 is 12.8 Å². The molecule has 1 aromatic carbocycles. The van der Waals surface area contributed by atoms with E-state index in [0.717, 1.165) is 10.4 Å². The number of nitrogens with two attached hydrogens (primary N) is 1. The summed E-state index contributed by atoms with van der Waals surface area (Å²) in [7, 11) is -2.74. The molecule has 0 saturated heterocycles. The van der Waals surface area contributed by atoms with E-state index in [9.17, 15) is 12.8 Å². The van der Waals surface area contributed by atoms with Gasteiger partial charge in [-0.1, -0.05) is 0 Å². The Labute approximate surface area is 120 Å². The number of hydrogen-bond acceptors (Lipinski definition) is 4. The first-order chi connectivity index (χ1) is 8.71. The quantitative estimate of drug-likeness (QED) is 0.843. The van der Waals surface area contributed by atoms with Gasteiger partial charge in [-0.3, -0.25) is 0 Å². The first kappa shape index (κ1) is 15.9. The van der Waals surface area contributed by atoms with Crippen LogP contribution in [0.15, 0.2) is 21.5 Å². The van der Waals surface area contributed by atoms with Crippen LogP contribution in [0.5, 0.6) is 0 Å². The van der Waals surface area contributed by atoms with E-state index in [1.807, 2.05) is 6.07 Å². The summed E-state index contributed by atoms with van der Waals surface area (Å²) >= 11 is 2.92. The van der Waals surface area contributed by atoms with Crippen molar-refractivity contribution in [1.82, 2.24) is 4.31 Å². The van der Waals surface area contributed by atoms with E-state index >= 15 is 0 Å². The molecule has 0 bridgehead atoms. The van der Waals surface area contributed by atoms with Gasteiger partial charge in [0.05, 0.1) is 17.0 Å². The molecule has 5 nitrogen and oxygen atoms in total. The van der Waals surface area contributed by atoms with Gasteiger partial charge < -0.3 is 5.73 Å². The van der Waals surface area contributed by atoms with Crippen LogP contribution in [-0.2, 0) is 10.0 Å². The number of anilines is 1. The second kappa shape index (κ2) is 5.86. The number of nitrogen functional groups attached to an aromatic ring is 1. The summed E-state index contributed by atoms with van der Waals surface area (Å²) in [5.41, 5.74) is 5.66. The van der Waals surface area contributed by atoms with E-state index in [2.05, 4.69) is 15.9 Å². The van der Waals surface area contributed by atoms with Gasteiger partial charge >= 0.3 is 0 Å². The summed E-state index contributed by atoms with van der Waals surface area (Å²) < 4.78 is 39.4. The topological polar surface area (TPSA) is 87.2 Å². The van der Waals surface area contributed by atoms with E-state index in [0.29, 0.717) is 0 Å². The third-order valence-electron chi connectivity index (χ3n) is 2.68. The predicted octanol–water partition coefficient (Wildman–Crippen LogP) is 2.09. The minimum atomic E-state index is -4.04. The van der Waals surface area contributed by atoms with E-state index in [-0.39, 0.29) is 16.6 Å². The molecule has 2 N–H and O–H groups in total. The standard InChI is InChI=1S/C11H13BrFN3O2S/c1-7(3-4-14)16(2)19(17,18)10-6-8(15)5-9(12)11(10)13/h5-7H,3,15H2,1-2H3. The molecule has 0 heterocycles. The fourth-order valence-corrected chi connectivity index (χ4v) is 3.51. The maximum atomic E-state index is 13.9. The number of halogens is 2. The van der Waals surface area contributed by atoms with Crippen LogP contribution in [0.1, 0.15) is 13.3 Å². The molecule has 19 heavy (non-hydrogen) atoms. The molecule has 0 aliphatic rings. The van der Waals surface area contributed by atoms with Crippen LogP contribution in [0.4, 0.5) is 10.1 Å². The second-order valence-corrected chi connectivity index (χ2v) is 6.87. The molecule has 0 fully saturated rings. The lowest BCUT2D eigenvalue weighted by atomic mass is 10.3. The van der Waals surface area contributed by atoms with Crippen LogP contribution < -0.4 is 5.73 Å². The maximum absolute atomic E-state index is 13.9.